The number of morpholine rings is 1. The lowest BCUT2D eigenvalue weighted by Gasteiger charge is -2.30. The van der Waals surface area contributed by atoms with Crippen molar-refractivity contribution in [3.05, 3.63) is 35.4 Å². The Morgan fingerprint density at radius 3 is 2.52 bits per heavy atom. The molecule has 0 spiro atoms. The molecule has 4 heteroatoms. The molecule has 0 aliphatic carbocycles. The van der Waals surface area contributed by atoms with E-state index >= 15 is 0 Å². The van der Waals surface area contributed by atoms with Gasteiger partial charge in [-0.1, -0.05) is 24.3 Å². The first-order valence-electron chi connectivity index (χ1n) is 8.08. The monoisotopic (exact) mass is 290 g/mol. The topological polar surface area (TPSA) is 35.9 Å². The van der Waals surface area contributed by atoms with Crippen molar-refractivity contribution in [3.63, 3.8) is 0 Å². The van der Waals surface area contributed by atoms with E-state index in [0.717, 1.165) is 58.9 Å². The van der Waals surface area contributed by atoms with E-state index < -0.39 is 0 Å². The summed E-state index contributed by atoms with van der Waals surface area (Å²) in [5.41, 5.74) is 2.90. The number of hydrogen-bond acceptors (Lipinski definition) is 4. The van der Waals surface area contributed by atoms with Crippen molar-refractivity contribution in [2.45, 2.75) is 25.5 Å². The highest BCUT2D eigenvalue weighted by atomic mass is 16.5. The van der Waals surface area contributed by atoms with Crippen LogP contribution in [-0.2, 0) is 17.7 Å². The van der Waals surface area contributed by atoms with Gasteiger partial charge < -0.3 is 9.84 Å². The summed E-state index contributed by atoms with van der Waals surface area (Å²) in [7, 11) is 0. The molecule has 116 valence electrons. The first-order valence-corrected chi connectivity index (χ1v) is 8.08. The Balaban J connectivity index is 1.52. The summed E-state index contributed by atoms with van der Waals surface area (Å²) in [5.74, 6) is 0. The predicted octanol–water partition coefficient (Wildman–Crippen LogP) is 1.13. The molecule has 1 atom stereocenters. The van der Waals surface area contributed by atoms with Gasteiger partial charge in [0.05, 0.1) is 19.3 Å². The van der Waals surface area contributed by atoms with Crippen LogP contribution in [0.5, 0.6) is 0 Å². The maximum atomic E-state index is 10.4. The summed E-state index contributed by atoms with van der Waals surface area (Å²) in [6.45, 7) is 7.06. The van der Waals surface area contributed by atoms with Crippen LogP contribution in [-0.4, -0.2) is 66.9 Å². The van der Waals surface area contributed by atoms with Crippen LogP contribution in [0.2, 0.25) is 0 Å². The van der Waals surface area contributed by atoms with Crippen LogP contribution < -0.4 is 0 Å². The van der Waals surface area contributed by atoms with Crippen molar-refractivity contribution in [1.29, 1.82) is 0 Å². The smallest absolute Gasteiger partial charge is 0.0793 e. The van der Waals surface area contributed by atoms with Gasteiger partial charge in [0.15, 0.2) is 0 Å². The van der Waals surface area contributed by atoms with E-state index in [1.54, 1.807) is 0 Å². The molecule has 0 amide bonds. The number of fused-ring (bicyclic) bond motifs is 1. The van der Waals surface area contributed by atoms with Crippen molar-refractivity contribution in [2.75, 3.05) is 45.9 Å². The minimum atomic E-state index is -0.270. The van der Waals surface area contributed by atoms with Crippen LogP contribution in [0.3, 0.4) is 0 Å². The fraction of sp³-hybridized carbons (Fsp3) is 0.647. The second-order valence-electron chi connectivity index (χ2n) is 6.17. The van der Waals surface area contributed by atoms with E-state index in [2.05, 4.69) is 34.1 Å². The first kappa shape index (κ1) is 15.0. The molecule has 4 nitrogen and oxygen atoms in total. The van der Waals surface area contributed by atoms with Crippen molar-refractivity contribution < 1.29 is 9.84 Å². The molecule has 0 radical (unpaired) electrons. The van der Waals surface area contributed by atoms with Gasteiger partial charge >= 0.3 is 0 Å². The van der Waals surface area contributed by atoms with Crippen LogP contribution in [0.4, 0.5) is 0 Å². The van der Waals surface area contributed by atoms with Crippen LogP contribution in [0.15, 0.2) is 24.3 Å². The van der Waals surface area contributed by atoms with E-state index in [9.17, 15) is 5.11 Å². The number of rotatable bonds is 4. The lowest BCUT2D eigenvalue weighted by Crippen LogP contribution is -2.44. The number of benzene rings is 1. The Kier molecular flexibility index (Phi) is 5.25. The zero-order valence-corrected chi connectivity index (χ0v) is 12.7. The highest BCUT2D eigenvalue weighted by Crippen LogP contribution is 2.18. The molecule has 1 unspecified atom stereocenters. The lowest BCUT2D eigenvalue weighted by atomic mass is 10.0. The minimum Gasteiger partial charge on any atom is -0.390 e. The van der Waals surface area contributed by atoms with Crippen molar-refractivity contribution in [2.24, 2.45) is 0 Å². The average Bonchev–Trinajstić information content (AvgIpc) is 2.69. The van der Waals surface area contributed by atoms with Crippen LogP contribution in [0.25, 0.3) is 0 Å². The summed E-state index contributed by atoms with van der Waals surface area (Å²) < 4.78 is 5.35. The molecule has 1 aromatic rings. The highest BCUT2D eigenvalue weighted by Gasteiger charge is 2.19. The zero-order chi connectivity index (χ0) is 14.5. The molecule has 21 heavy (non-hydrogen) atoms. The second-order valence-corrected chi connectivity index (χ2v) is 6.17. The fourth-order valence-electron chi connectivity index (χ4n) is 3.36. The summed E-state index contributed by atoms with van der Waals surface area (Å²) in [4.78, 5) is 4.71. The van der Waals surface area contributed by atoms with Gasteiger partial charge in [0.25, 0.3) is 0 Å². The maximum absolute atomic E-state index is 10.4. The molecular weight excluding hydrogens is 264 g/mol. The number of ether oxygens (including phenoxy) is 1. The van der Waals surface area contributed by atoms with Crippen LogP contribution in [0, 0.1) is 0 Å². The number of hydrogen-bond donors (Lipinski definition) is 1. The van der Waals surface area contributed by atoms with E-state index in [0.29, 0.717) is 0 Å². The van der Waals surface area contributed by atoms with Gasteiger partial charge in [-0.2, -0.15) is 0 Å². The molecular formula is C17H26N2O2. The standard InChI is InChI=1S/C17H26N2O2/c20-17(13-18-8-10-21-11-9-18)14-19-7-3-6-15-4-1-2-5-16(15)12-19/h1-2,4-5,17,20H,3,6-14H2. The number of nitrogens with zero attached hydrogens (tertiary/aromatic N) is 2. The van der Waals surface area contributed by atoms with E-state index in [4.69, 9.17) is 4.74 Å². The van der Waals surface area contributed by atoms with Crippen molar-refractivity contribution >= 4 is 0 Å². The molecule has 3 rings (SSSR count). The van der Waals surface area contributed by atoms with Crippen LogP contribution in [0.1, 0.15) is 17.5 Å². The van der Waals surface area contributed by atoms with Gasteiger partial charge in [-0.15, -0.1) is 0 Å². The maximum Gasteiger partial charge on any atom is 0.0793 e. The molecule has 1 aromatic carbocycles. The predicted molar refractivity (Wildman–Crippen MR) is 83.3 cm³/mol. The molecule has 1 N–H and O–H groups in total. The number of β-amino-alcohol motifs (C(OH)–C–C–N with tert-alkyl or cyclic N) is 1. The summed E-state index contributed by atoms with van der Waals surface area (Å²) in [6, 6.07) is 8.71. The normalized spacial score (nSPS) is 22.5. The summed E-state index contributed by atoms with van der Waals surface area (Å²) in [5, 5.41) is 10.4. The first-order chi connectivity index (χ1) is 10.3. The quantitative estimate of drug-likeness (QED) is 0.902. The van der Waals surface area contributed by atoms with E-state index in [-0.39, 0.29) is 6.10 Å². The molecule has 0 aromatic heterocycles. The van der Waals surface area contributed by atoms with Crippen LogP contribution >= 0.6 is 0 Å². The van der Waals surface area contributed by atoms with E-state index in [1.165, 1.54) is 17.5 Å². The molecule has 2 aliphatic heterocycles. The Hall–Kier alpha value is -0.940. The van der Waals surface area contributed by atoms with Gasteiger partial charge in [-0.25, -0.2) is 0 Å². The third-order valence-corrected chi connectivity index (χ3v) is 4.47. The van der Waals surface area contributed by atoms with Crippen molar-refractivity contribution in [3.8, 4) is 0 Å². The zero-order valence-electron chi connectivity index (χ0n) is 12.7. The lowest BCUT2D eigenvalue weighted by molar-refractivity contribution is 0.00640. The number of aliphatic hydroxyl groups is 1. The second kappa shape index (κ2) is 7.36. The Bertz CT molecular complexity index is 446. The average molecular weight is 290 g/mol. The number of aryl methyl sites for hydroxylation is 1. The van der Waals surface area contributed by atoms with E-state index in [1.807, 2.05) is 0 Å². The summed E-state index contributed by atoms with van der Waals surface area (Å²) in [6.07, 6.45) is 2.07. The molecule has 0 saturated carbocycles. The number of aliphatic hydroxyl groups excluding tert-OH is 1. The largest absolute Gasteiger partial charge is 0.390 e. The molecule has 2 heterocycles. The third-order valence-electron chi connectivity index (χ3n) is 4.47. The van der Waals surface area contributed by atoms with Gasteiger partial charge in [-0.05, 0) is 30.5 Å². The molecule has 1 fully saturated rings. The Morgan fingerprint density at radius 1 is 1.00 bits per heavy atom. The van der Waals surface area contributed by atoms with Gasteiger partial charge in [0, 0.05) is 32.7 Å². The molecule has 1 saturated heterocycles. The van der Waals surface area contributed by atoms with Crippen molar-refractivity contribution in [1.82, 2.24) is 9.80 Å². The van der Waals surface area contributed by atoms with Gasteiger partial charge in [0.1, 0.15) is 0 Å². The molecule has 0 bridgehead atoms. The third kappa shape index (κ3) is 4.27. The molecule has 2 aliphatic rings. The Labute approximate surface area is 127 Å². The Morgan fingerprint density at radius 2 is 1.71 bits per heavy atom. The summed E-state index contributed by atoms with van der Waals surface area (Å²) >= 11 is 0. The van der Waals surface area contributed by atoms with Gasteiger partial charge in [-0.3, -0.25) is 9.80 Å². The minimum absolute atomic E-state index is 0.270. The fourth-order valence-corrected chi connectivity index (χ4v) is 3.36. The highest BCUT2D eigenvalue weighted by molar-refractivity contribution is 5.28. The SMILES string of the molecule is OC(CN1CCOCC1)CN1CCCc2ccccc2C1. The van der Waals surface area contributed by atoms with Gasteiger partial charge in [0.2, 0.25) is 0 Å².